The van der Waals surface area contributed by atoms with E-state index in [2.05, 4.69) is 5.16 Å². The van der Waals surface area contributed by atoms with Crippen LogP contribution >= 0.6 is 0 Å². The monoisotopic (exact) mass is 418 g/mol. The number of carbonyl (C=O) groups is 2. The van der Waals surface area contributed by atoms with E-state index in [0.717, 1.165) is 23.4 Å². The van der Waals surface area contributed by atoms with Gasteiger partial charge in [0.25, 0.3) is 0 Å². The number of hydrogen-bond acceptors (Lipinski definition) is 6. The van der Waals surface area contributed by atoms with Gasteiger partial charge < -0.3 is 14.3 Å². The Hall–Kier alpha value is -3.35. The van der Waals surface area contributed by atoms with Crippen molar-refractivity contribution in [2.75, 3.05) is 19.1 Å². The van der Waals surface area contributed by atoms with Gasteiger partial charge in [-0.15, -0.1) is 0 Å². The molecular formula is C24H22N2O5. The number of fused-ring (bicyclic) bond motifs is 8. The zero-order valence-corrected chi connectivity index (χ0v) is 17.2. The maximum absolute atomic E-state index is 13.4. The van der Waals surface area contributed by atoms with Gasteiger partial charge in [0.05, 0.1) is 37.5 Å². The molecule has 7 heteroatoms. The van der Waals surface area contributed by atoms with Gasteiger partial charge in [-0.3, -0.25) is 14.5 Å². The van der Waals surface area contributed by atoms with Crippen molar-refractivity contribution in [2.45, 2.75) is 12.5 Å². The van der Waals surface area contributed by atoms with Gasteiger partial charge in [-0.05, 0) is 60.9 Å². The standard InChI is InChI=1S/C24H22N2O5/c1-29-14-7-3-12(4-8-14)21-20-16-11-17(22(20)31-25-21)19-18(16)23(27)26(24(19)28)13-5-9-15(30-2)10-6-13/h3-10,16-20,22H,11H2,1-2H3/t16-,17-,18-,19-,20-,22-/m1/s1. The fraction of sp³-hybridized carbons (Fsp3) is 0.375. The second-order valence-electron chi connectivity index (χ2n) is 8.63. The minimum Gasteiger partial charge on any atom is -0.497 e. The van der Waals surface area contributed by atoms with E-state index in [1.54, 1.807) is 38.5 Å². The fourth-order valence-electron chi connectivity index (χ4n) is 6.11. The molecule has 31 heavy (non-hydrogen) atoms. The molecule has 0 spiro atoms. The second-order valence-corrected chi connectivity index (χ2v) is 8.63. The first-order chi connectivity index (χ1) is 15.1. The number of nitrogens with zero attached hydrogens (tertiary/aromatic N) is 2. The summed E-state index contributed by atoms with van der Waals surface area (Å²) in [6.07, 6.45) is 0.684. The summed E-state index contributed by atoms with van der Waals surface area (Å²) in [5.74, 6) is 0.706. The highest BCUT2D eigenvalue weighted by Crippen LogP contribution is 2.62. The number of amides is 2. The maximum Gasteiger partial charge on any atom is 0.238 e. The van der Waals surface area contributed by atoms with Crippen LogP contribution in [0.25, 0.3) is 0 Å². The summed E-state index contributed by atoms with van der Waals surface area (Å²) < 4.78 is 10.4. The molecule has 6 rings (SSSR count). The number of rotatable bonds is 4. The van der Waals surface area contributed by atoms with Gasteiger partial charge in [0, 0.05) is 17.4 Å². The third kappa shape index (κ3) is 2.43. The lowest BCUT2D eigenvalue weighted by molar-refractivity contribution is -0.125. The lowest BCUT2D eigenvalue weighted by atomic mass is 9.71. The van der Waals surface area contributed by atoms with Crippen molar-refractivity contribution in [3.8, 4) is 11.5 Å². The first kappa shape index (κ1) is 18.4. The molecule has 2 aliphatic carbocycles. The van der Waals surface area contributed by atoms with E-state index in [0.29, 0.717) is 11.4 Å². The molecule has 6 atom stereocenters. The average Bonchev–Trinajstić information content (AvgIpc) is 3.54. The van der Waals surface area contributed by atoms with Crippen molar-refractivity contribution in [1.82, 2.24) is 0 Å². The van der Waals surface area contributed by atoms with Crippen LogP contribution in [0.5, 0.6) is 11.5 Å². The van der Waals surface area contributed by atoms with Crippen molar-refractivity contribution < 1.29 is 23.9 Å². The van der Waals surface area contributed by atoms with E-state index in [1.165, 1.54) is 4.90 Å². The van der Waals surface area contributed by atoms with Crippen LogP contribution in [0.4, 0.5) is 5.69 Å². The van der Waals surface area contributed by atoms with Gasteiger partial charge in [0.2, 0.25) is 11.8 Å². The van der Waals surface area contributed by atoms with Crippen LogP contribution in [0, 0.1) is 29.6 Å². The smallest absolute Gasteiger partial charge is 0.238 e. The number of imide groups is 1. The van der Waals surface area contributed by atoms with Crippen LogP contribution in [0.2, 0.25) is 0 Å². The van der Waals surface area contributed by atoms with Crippen molar-refractivity contribution >= 4 is 23.2 Å². The number of carbonyl (C=O) groups excluding carboxylic acids is 2. The third-order valence-corrected chi connectivity index (χ3v) is 7.41. The zero-order chi connectivity index (χ0) is 21.3. The first-order valence-corrected chi connectivity index (χ1v) is 10.5. The molecule has 2 aliphatic heterocycles. The van der Waals surface area contributed by atoms with Gasteiger partial charge >= 0.3 is 0 Å². The molecular weight excluding hydrogens is 396 g/mol. The summed E-state index contributed by atoms with van der Waals surface area (Å²) in [5.41, 5.74) is 2.45. The van der Waals surface area contributed by atoms with Crippen molar-refractivity contribution in [3.05, 3.63) is 54.1 Å². The topological polar surface area (TPSA) is 77.4 Å². The normalized spacial score (nSPS) is 32.6. The predicted octanol–water partition coefficient (Wildman–Crippen LogP) is 2.88. The van der Waals surface area contributed by atoms with Crippen LogP contribution in [0.15, 0.2) is 53.7 Å². The van der Waals surface area contributed by atoms with Gasteiger partial charge in [-0.1, -0.05) is 5.16 Å². The Morgan fingerprint density at radius 2 is 1.42 bits per heavy atom. The lowest BCUT2D eigenvalue weighted by Crippen LogP contribution is -2.41. The molecule has 2 aromatic carbocycles. The van der Waals surface area contributed by atoms with Gasteiger partial charge in [0.15, 0.2) is 0 Å². The van der Waals surface area contributed by atoms with E-state index in [9.17, 15) is 9.59 Å². The van der Waals surface area contributed by atoms with Gasteiger partial charge in [0.1, 0.15) is 17.6 Å². The predicted molar refractivity (Wildman–Crippen MR) is 112 cm³/mol. The quantitative estimate of drug-likeness (QED) is 0.714. The average molecular weight is 418 g/mol. The molecule has 0 aromatic heterocycles. The molecule has 3 fully saturated rings. The molecule has 4 aliphatic rings. The third-order valence-electron chi connectivity index (χ3n) is 7.41. The van der Waals surface area contributed by atoms with Crippen molar-refractivity contribution in [1.29, 1.82) is 0 Å². The summed E-state index contributed by atoms with van der Waals surface area (Å²) in [6.45, 7) is 0. The minimum atomic E-state index is -0.328. The van der Waals surface area contributed by atoms with Gasteiger partial charge in [-0.2, -0.15) is 0 Å². The number of oxime groups is 1. The number of anilines is 1. The Balaban J connectivity index is 1.31. The molecule has 2 bridgehead atoms. The molecule has 7 nitrogen and oxygen atoms in total. The summed E-state index contributed by atoms with van der Waals surface area (Å²) in [6, 6.07) is 14.8. The Labute approximate surface area is 179 Å². The zero-order valence-electron chi connectivity index (χ0n) is 17.2. The maximum atomic E-state index is 13.4. The Morgan fingerprint density at radius 3 is 2.03 bits per heavy atom. The fourth-order valence-corrected chi connectivity index (χ4v) is 6.11. The second kappa shape index (κ2) is 6.57. The molecule has 2 amide bonds. The molecule has 158 valence electrons. The number of benzene rings is 2. The van der Waals surface area contributed by atoms with E-state index in [4.69, 9.17) is 14.3 Å². The molecule has 2 heterocycles. The number of hydrogen-bond donors (Lipinski definition) is 0. The van der Waals surface area contributed by atoms with Crippen LogP contribution in [-0.4, -0.2) is 37.8 Å². The highest BCUT2D eigenvalue weighted by molar-refractivity contribution is 6.23. The molecule has 2 saturated carbocycles. The molecule has 0 N–H and O–H groups in total. The molecule has 1 saturated heterocycles. The number of ether oxygens (including phenoxy) is 2. The first-order valence-electron chi connectivity index (χ1n) is 10.5. The summed E-state index contributed by atoms with van der Waals surface area (Å²) in [4.78, 5) is 34.0. The number of methoxy groups -OCH3 is 2. The molecule has 0 unspecified atom stereocenters. The van der Waals surface area contributed by atoms with Crippen molar-refractivity contribution in [3.63, 3.8) is 0 Å². The van der Waals surface area contributed by atoms with Gasteiger partial charge in [-0.25, -0.2) is 0 Å². The SMILES string of the molecule is COc1ccc(C2=NO[C@@H]3[C@@H]4C[C@H]([C@H]5C(=O)N(c6ccc(OC)cc6)C(=O)[C@H]45)[C@H]23)cc1. The highest BCUT2D eigenvalue weighted by atomic mass is 16.6. The Morgan fingerprint density at radius 1 is 0.839 bits per heavy atom. The molecule has 2 aromatic rings. The van der Waals surface area contributed by atoms with Crippen LogP contribution in [0.3, 0.4) is 0 Å². The van der Waals surface area contributed by atoms with E-state index in [-0.39, 0.29) is 47.5 Å². The highest BCUT2D eigenvalue weighted by Gasteiger charge is 2.70. The Kier molecular flexibility index (Phi) is 3.91. The van der Waals surface area contributed by atoms with E-state index < -0.39 is 0 Å². The van der Waals surface area contributed by atoms with Crippen LogP contribution in [0.1, 0.15) is 12.0 Å². The van der Waals surface area contributed by atoms with Crippen LogP contribution < -0.4 is 14.4 Å². The summed E-state index contributed by atoms with van der Waals surface area (Å²) in [5, 5.41) is 4.39. The summed E-state index contributed by atoms with van der Waals surface area (Å²) >= 11 is 0. The summed E-state index contributed by atoms with van der Waals surface area (Å²) in [7, 11) is 3.22. The van der Waals surface area contributed by atoms with E-state index in [1.807, 2.05) is 24.3 Å². The Bertz CT molecular complexity index is 1090. The lowest BCUT2D eigenvalue weighted by Gasteiger charge is -2.29. The van der Waals surface area contributed by atoms with Crippen LogP contribution in [-0.2, 0) is 14.4 Å². The van der Waals surface area contributed by atoms with Crippen molar-refractivity contribution in [2.24, 2.45) is 34.7 Å². The molecule has 0 radical (unpaired) electrons. The largest absolute Gasteiger partial charge is 0.497 e. The minimum absolute atomic E-state index is 0.0131. The van der Waals surface area contributed by atoms with E-state index >= 15 is 0 Å².